The van der Waals surface area contributed by atoms with E-state index in [1.165, 1.54) is 116 Å². The van der Waals surface area contributed by atoms with Crippen LogP contribution in [-0.4, -0.2) is 59.9 Å². The van der Waals surface area contributed by atoms with Crippen molar-refractivity contribution in [2.75, 3.05) is 19.8 Å². The second-order valence-electron chi connectivity index (χ2n) is 13.8. The molecule has 50 heavy (non-hydrogen) atoms. The molecular weight excluding hydrogens is 661 g/mol. The molecule has 296 valence electrons. The highest BCUT2D eigenvalue weighted by atomic mass is 31.2. The standard InChI is InChI=1S/C38H74NO10P/c1-3-5-7-9-11-13-15-17-18-20-21-23-25-27-29-36(40)46-31-34(32-47-50(44,45)48-33-35(39)38(42)43)49-37(41)30-28-26-24-22-19-16-14-12-10-8-6-4-2/h34-35H,3-33,39H2,1-2H3,(H,42,43)(H,44,45)/t34-,35+/m1/s1. The number of hydrogen-bond donors (Lipinski definition) is 3. The van der Waals surface area contributed by atoms with Gasteiger partial charge in [0.2, 0.25) is 0 Å². The van der Waals surface area contributed by atoms with Gasteiger partial charge in [0, 0.05) is 12.8 Å². The van der Waals surface area contributed by atoms with E-state index >= 15 is 0 Å². The third-order valence-electron chi connectivity index (χ3n) is 8.86. The Morgan fingerprint density at radius 2 is 0.880 bits per heavy atom. The molecule has 0 fully saturated rings. The van der Waals surface area contributed by atoms with Gasteiger partial charge in [-0.3, -0.25) is 23.4 Å². The minimum Gasteiger partial charge on any atom is -0.480 e. The molecule has 12 heteroatoms. The van der Waals surface area contributed by atoms with Gasteiger partial charge >= 0.3 is 25.7 Å². The third-order valence-corrected chi connectivity index (χ3v) is 9.81. The molecule has 0 aromatic carbocycles. The second kappa shape index (κ2) is 34.6. The number of carbonyl (C=O) groups is 3. The maximum atomic E-state index is 12.6. The topological polar surface area (TPSA) is 172 Å². The van der Waals surface area contributed by atoms with E-state index in [-0.39, 0.29) is 19.4 Å². The predicted octanol–water partition coefficient (Wildman–Crippen LogP) is 9.95. The Balaban J connectivity index is 4.37. The molecule has 0 radical (unpaired) electrons. The average molecular weight is 736 g/mol. The average Bonchev–Trinajstić information content (AvgIpc) is 3.09. The molecule has 0 amide bonds. The van der Waals surface area contributed by atoms with E-state index in [2.05, 4.69) is 18.4 Å². The van der Waals surface area contributed by atoms with Crippen LogP contribution in [0.1, 0.15) is 194 Å². The number of nitrogens with two attached hydrogens (primary N) is 1. The van der Waals surface area contributed by atoms with Crippen LogP contribution in [-0.2, 0) is 37.5 Å². The molecule has 0 heterocycles. The summed E-state index contributed by atoms with van der Waals surface area (Å²) in [5.41, 5.74) is 5.32. The lowest BCUT2D eigenvalue weighted by Gasteiger charge is -2.20. The molecule has 0 aliphatic heterocycles. The van der Waals surface area contributed by atoms with Crippen LogP contribution >= 0.6 is 7.82 Å². The van der Waals surface area contributed by atoms with Crippen LogP contribution in [0.2, 0.25) is 0 Å². The molecule has 0 rings (SSSR count). The molecule has 0 saturated carbocycles. The number of carbonyl (C=O) groups excluding carboxylic acids is 2. The molecule has 0 aromatic rings. The van der Waals surface area contributed by atoms with Crippen molar-refractivity contribution < 1.29 is 47.5 Å². The summed E-state index contributed by atoms with van der Waals surface area (Å²) < 4.78 is 32.6. The zero-order valence-corrected chi connectivity index (χ0v) is 32.7. The van der Waals surface area contributed by atoms with Gasteiger partial charge in [-0.15, -0.1) is 0 Å². The Bertz CT molecular complexity index is 875. The van der Waals surface area contributed by atoms with Crippen LogP contribution < -0.4 is 5.73 Å². The zero-order valence-electron chi connectivity index (χ0n) is 31.8. The van der Waals surface area contributed by atoms with Crippen molar-refractivity contribution in [3.63, 3.8) is 0 Å². The molecule has 0 spiro atoms. The second-order valence-corrected chi connectivity index (χ2v) is 15.2. The minimum atomic E-state index is -4.70. The van der Waals surface area contributed by atoms with Gasteiger partial charge in [0.05, 0.1) is 13.2 Å². The number of carboxylic acid groups (broad SMARTS) is 1. The van der Waals surface area contributed by atoms with E-state index in [0.29, 0.717) is 12.8 Å². The fourth-order valence-electron chi connectivity index (χ4n) is 5.65. The normalized spacial score (nSPS) is 13.8. The Morgan fingerprint density at radius 1 is 0.540 bits per heavy atom. The first kappa shape index (κ1) is 48.5. The number of hydrogen-bond acceptors (Lipinski definition) is 9. The quantitative estimate of drug-likeness (QED) is 0.0313. The third kappa shape index (κ3) is 33.6. The number of carboxylic acids is 1. The van der Waals surface area contributed by atoms with Crippen molar-refractivity contribution in [1.82, 2.24) is 0 Å². The maximum absolute atomic E-state index is 12.6. The number of phosphoric ester groups is 1. The van der Waals surface area contributed by atoms with Gasteiger partial charge in [-0.05, 0) is 12.8 Å². The molecule has 0 saturated heterocycles. The van der Waals surface area contributed by atoms with E-state index in [1.54, 1.807) is 0 Å². The number of esters is 2. The van der Waals surface area contributed by atoms with Crippen molar-refractivity contribution in [3.8, 4) is 0 Å². The highest BCUT2D eigenvalue weighted by Crippen LogP contribution is 2.43. The summed E-state index contributed by atoms with van der Waals surface area (Å²) in [6.07, 6.45) is 30.2. The van der Waals surface area contributed by atoms with E-state index < -0.39 is 51.1 Å². The minimum absolute atomic E-state index is 0.168. The lowest BCUT2D eigenvalue weighted by Crippen LogP contribution is -2.34. The molecule has 0 aliphatic carbocycles. The fraction of sp³-hybridized carbons (Fsp3) is 0.921. The Labute approximate surface area is 304 Å². The maximum Gasteiger partial charge on any atom is 0.472 e. The van der Waals surface area contributed by atoms with Gasteiger partial charge in [-0.2, -0.15) is 0 Å². The molecule has 11 nitrogen and oxygen atoms in total. The lowest BCUT2D eigenvalue weighted by molar-refractivity contribution is -0.161. The van der Waals surface area contributed by atoms with E-state index in [4.69, 9.17) is 24.8 Å². The SMILES string of the molecule is CCCCCCCCCCCCCCCCC(=O)OC[C@H](COP(=O)(O)OC[C@H](N)C(=O)O)OC(=O)CCCCCCCCCCCCCC. The van der Waals surface area contributed by atoms with Crippen molar-refractivity contribution in [1.29, 1.82) is 0 Å². The molecule has 0 aliphatic rings. The van der Waals surface area contributed by atoms with Crippen LogP contribution in [0, 0.1) is 0 Å². The summed E-state index contributed by atoms with van der Waals surface area (Å²) in [5, 5.41) is 8.86. The van der Waals surface area contributed by atoms with Crippen molar-refractivity contribution in [2.24, 2.45) is 5.73 Å². The van der Waals surface area contributed by atoms with Crippen LogP contribution in [0.5, 0.6) is 0 Å². The summed E-state index contributed by atoms with van der Waals surface area (Å²) in [6.45, 7) is 2.80. The molecule has 1 unspecified atom stereocenters. The number of phosphoric acid groups is 1. The van der Waals surface area contributed by atoms with Crippen LogP contribution in [0.15, 0.2) is 0 Å². The number of aliphatic carboxylic acids is 1. The van der Waals surface area contributed by atoms with E-state index in [9.17, 15) is 23.8 Å². The van der Waals surface area contributed by atoms with Gasteiger partial charge in [0.1, 0.15) is 12.6 Å². The highest BCUT2D eigenvalue weighted by Gasteiger charge is 2.28. The molecule has 4 N–H and O–H groups in total. The smallest absolute Gasteiger partial charge is 0.472 e. The van der Waals surface area contributed by atoms with Gasteiger partial charge < -0.3 is 25.2 Å². The fourth-order valence-corrected chi connectivity index (χ4v) is 6.43. The predicted molar refractivity (Wildman–Crippen MR) is 199 cm³/mol. The Hall–Kier alpha value is -1.52. The van der Waals surface area contributed by atoms with Gasteiger partial charge in [-0.1, -0.05) is 168 Å². The lowest BCUT2D eigenvalue weighted by atomic mass is 10.0. The van der Waals surface area contributed by atoms with Crippen molar-refractivity contribution in [3.05, 3.63) is 0 Å². The largest absolute Gasteiger partial charge is 0.480 e. The number of ether oxygens (including phenoxy) is 2. The zero-order chi connectivity index (χ0) is 37.1. The molecule has 0 aromatic heterocycles. The monoisotopic (exact) mass is 736 g/mol. The molecule has 0 bridgehead atoms. The van der Waals surface area contributed by atoms with Crippen LogP contribution in [0.3, 0.4) is 0 Å². The van der Waals surface area contributed by atoms with Crippen molar-refractivity contribution >= 4 is 25.7 Å². The molecule has 3 atom stereocenters. The first-order valence-electron chi connectivity index (χ1n) is 20.1. The summed E-state index contributed by atoms with van der Waals surface area (Å²) in [5.74, 6) is -2.36. The Morgan fingerprint density at radius 3 is 1.26 bits per heavy atom. The highest BCUT2D eigenvalue weighted by molar-refractivity contribution is 7.47. The first-order chi connectivity index (χ1) is 24.1. The first-order valence-corrected chi connectivity index (χ1v) is 21.6. The van der Waals surface area contributed by atoms with Gasteiger partial charge in [-0.25, -0.2) is 4.57 Å². The summed E-state index contributed by atoms with van der Waals surface area (Å²) in [4.78, 5) is 45.8. The summed E-state index contributed by atoms with van der Waals surface area (Å²) >= 11 is 0. The number of rotatable bonds is 38. The van der Waals surface area contributed by atoms with E-state index in [1.807, 2.05) is 0 Å². The Kier molecular flexibility index (Phi) is 33.5. The van der Waals surface area contributed by atoms with E-state index in [0.717, 1.165) is 38.5 Å². The van der Waals surface area contributed by atoms with Gasteiger partial charge in [0.15, 0.2) is 6.10 Å². The molecular formula is C38H74NO10P. The van der Waals surface area contributed by atoms with Crippen LogP contribution in [0.25, 0.3) is 0 Å². The van der Waals surface area contributed by atoms with Gasteiger partial charge in [0.25, 0.3) is 0 Å². The summed E-state index contributed by atoms with van der Waals surface area (Å²) in [7, 11) is -4.70. The van der Waals surface area contributed by atoms with Crippen molar-refractivity contribution in [2.45, 2.75) is 206 Å². The van der Waals surface area contributed by atoms with Crippen LogP contribution in [0.4, 0.5) is 0 Å². The number of unbranched alkanes of at least 4 members (excludes halogenated alkanes) is 24. The summed E-state index contributed by atoms with van der Waals surface area (Å²) in [6, 6.07) is -1.51.